The maximum atomic E-state index is 11.7. The van der Waals surface area contributed by atoms with Crippen molar-refractivity contribution in [3.63, 3.8) is 0 Å². The van der Waals surface area contributed by atoms with Gasteiger partial charge >= 0.3 is 0 Å². The molecule has 1 aliphatic heterocycles. The summed E-state index contributed by atoms with van der Waals surface area (Å²) in [6, 6.07) is -0.0332. The average molecular weight is 267 g/mol. The van der Waals surface area contributed by atoms with Crippen LogP contribution in [0.2, 0.25) is 0 Å². The quantitative estimate of drug-likeness (QED) is 0.616. The van der Waals surface area contributed by atoms with E-state index in [0.29, 0.717) is 25.4 Å². The highest BCUT2D eigenvalue weighted by Gasteiger charge is 2.21. The summed E-state index contributed by atoms with van der Waals surface area (Å²) in [6.45, 7) is 1.98. The molecule has 1 saturated heterocycles. The summed E-state index contributed by atoms with van der Waals surface area (Å²) in [6.07, 6.45) is 7.55. The van der Waals surface area contributed by atoms with E-state index in [2.05, 4.69) is 16.0 Å². The van der Waals surface area contributed by atoms with Crippen molar-refractivity contribution >= 4 is 11.8 Å². The van der Waals surface area contributed by atoms with Crippen LogP contribution in [0.3, 0.4) is 0 Å². The largest absolute Gasteiger partial charge is 0.354 e. The second-order valence-electron chi connectivity index (χ2n) is 5.64. The minimum atomic E-state index is -0.0332. The predicted octanol–water partition coefficient (Wildman–Crippen LogP) is 0.551. The van der Waals surface area contributed by atoms with Crippen LogP contribution in [0.25, 0.3) is 0 Å². The second-order valence-corrected chi connectivity index (χ2v) is 5.64. The fourth-order valence-corrected chi connectivity index (χ4v) is 2.97. The van der Waals surface area contributed by atoms with E-state index >= 15 is 0 Å². The summed E-state index contributed by atoms with van der Waals surface area (Å²) >= 11 is 0. The number of hydrogen-bond acceptors (Lipinski definition) is 3. The summed E-state index contributed by atoms with van der Waals surface area (Å²) in [5.41, 5.74) is 0. The third-order valence-electron chi connectivity index (χ3n) is 4.07. The van der Waals surface area contributed by atoms with Crippen molar-refractivity contribution in [3.8, 4) is 0 Å². The standard InChI is InChI=1S/C14H25N3O2/c18-13(10-11-4-1-2-5-11)16-8-9-17-14(19)12-6-3-7-15-12/h11-12,15H,1-10H2,(H,16,18)(H,17,19). The normalized spacial score (nSPS) is 23.5. The van der Waals surface area contributed by atoms with Crippen molar-refractivity contribution < 1.29 is 9.59 Å². The first-order valence-electron chi connectivity index (χ1n) is 7.53. The summed E-state index contributed by atoms with van der Waals surface area (Å²) < 4.78 is 0. The van der Waals surface area contributed by atoms with Crippen LogP contribution in [0.15, 0.2) is 0 Å². The summed E-state index contributed by atoms with van der Waals surface area (Å²) in [5.74, 6) is 0.764. The van der Waals surface area contributed by atoms with Crippen molar-refractivity contribution in [1.82, 2.24) is 16.0 Å². The Labute approximate surface area is 114 Å². The van der Waals surface area contributed by atoms with Crippen LogP contribution in [0.1, 0.15) is 44.9 Å². The first-order chi connectivity index (χ1) is 9.25. The van der Waals surface area contributed by atoms with Crippen LogP contribution < -0.4 is 16.0 Å². The summed E-state index contributed by atoms with van der Waals surface area (Å²) in [5, 5.41) is 8.89. The molecule has 3 N–H and O–H groups in total. The van der Waals surface area contributed by atoms with Crippen LogP contribution in [0.5, 0.6) is 0 Å². The van der Waals surface area contributed by atoms with E-state index < -0.39 is 0 Å². The number of carbonyl (C=O) groups excluding carboxylic acids is 2. The molecule has 19 heavy (non-hydrogen) atoms. The zero-order valence-corrected chi connectivity index (χ0v) is 11.5. The molecule has 0 radical (unpaired) electrons. The number of carbonyl (C=O) groups is 2. The maximum Gasteiger partial charge on any atom is 0.237 e. The maximum absolute atomic E-state index is 11.7. The van der Waals surface area contributed by atoms with Crippen molar-refractivity contribution in [2.45, 2.75) is 51.0 Å². The molecule has 1 saturated carbocycles. The van der Waals surface area contributed by atoms with Crippen LogP contribution in [-0.2, 0) is 9.59 Å². The Morgan fingerprint density at radius 1 is 1.00 bits per heavy atom. The van der Waals surface area contributed by atoms with Gasteiger partial charge in [0, 0.05) is 19.5 Å². The van der Waals surface area contributed by atoms with Gasteiger partial charge < -0.3 is 16.0 Å². The van der Waals surface area contributed by atoms with Gasteiger partial charge in [0.2, 0.25) is 11.8 Å². The van der Waals surface area contributed by atoms with Crippen molar-refractivity contribution in [3.05, 3.63) is 0 Å². The van der Waals surface area contributed by atoms with Crippen LogP contribution >= 0.6 is 0 Å². The second kappa shape index (κ2) is 7.48. The highest BCUT2D eigenvalue weighted by Crippen LogP contribution is 2.27. The van der Waals surface area contributed by atoms with Crippen LogP contribution in [-0.4, -0.2) is 37.5 Å². The molecule has 2 aliphatic rings. The lowest BCUT2D eigenvalue weighted by atomic mass is 10.0. The number of hydrogen-bond donors (Lipinski definition) is 3. The van der Waals surface area contributed by atoms with Gasteiger partial charge in [0.25, 0.3) is 0 Å². The van der Waals surface area contributed by atoms with Crippen molar-refractivity contribution in [2.75, 3.05) is 19.6 Å². The van der Waals surface area contributed by atoms with Gasteiger partial charge in [0.15, 0.2) is 0 Å². The third-order valence-corrected chi connectivity index (χ3v) is 4.07. The molecule has 0 aromatic rings. The molecule has 2 fully saturated rings. The molecule has 2 amide bonds. The van der Waals surface area contributed by atoms with Gasteiger partial charge in [-0.15, -0.1) is 0 Å². The van der Waals surface area contributed by atoms with Gasteiger partial charge in [0.1, 0.15) is 0 Å². The van der Waals surface area contributed by atoms with Crippen LogP contribution in [0, 0.1) is 5.92 Å². The van der Waals surface area contributed by atoms with Gasteiger partial charge in [0.05, 0.1) is 6.04 Å². The van der Waals surface area contributed by atoms with E-state index in [0.717, 1.165) is 19.4 Å². The molecule has 0 spiro atoms. The molecule has 1 atom stereocenters. The fourth-order valence-electron chi connectivity index (χ4n) is 2.97. The fraction of sp³-hybridized carbons (Fsp3) is 0.857. The van der Waals surface area contributed by atoms with Crippen molar-refractivity contribution in [1.29, 1.82) is 0 Å². The molecule has 1 heterocycles. The van der Waals surface area contributed by atoms with Gasteiger partial charge in [-0.3, -0.25) is 9.59 Å². The van der Waals surface area contributed by atoms with Gasteiger partial charge in [-0.2, -0.15) is 0 Å². The van der Waals surface area contributed by atoms with E-state index in [1.165, 1.54) is 25.7 Å². The van der Waals surface area contributed by atoms with Gasteiger partial charge in [-0.1, -0.05) is 12.8 Å². The Hall–Kier alpha value is -1.10. The highest BCUT2D eigenvalue weighted by molar-refractivity contribution is 5.82. The first kappa shape index (κ1) is 14.3. The topological polar surface area (TPSA) is 70.2 Å². The van der Waals surface area contributed by atoms with E-state index in [-0.39, 0.29) is 17.9 Å². The molecular weight excluding hydrogens is 242 g/mol. The number of amides is 2. The number of nitrogens with one attached hydrogen (secondary N) is 3. The SMILES string of the molecule is O=C(CC1CCCC1)NCCNC(=O)C1CCCN1. The molecule has 0 bridgehead atoms. The molecule has 108 valence electrons. The molecule has 0 aromatic heterocycles. The van der Waals surface area contributed by atoms with E-state index in [4.69, 9.17) is 0 Å². The highest BCUT2D eigenvalue weighted by atomic mass is 16.2. The average Bonchev–Trinajstić information content (AvgIpc) is 3.06. The minimum absolute atomic E-state index is 0.0332. The number of rotatable bonds is 6. The Morgan fingerprint density at radius 3 is 2.42 bits per heavy atom. The molecule has 1 unspecified atom stereocenters. The monoisotopic (exact) mass is 267 g/mol. The Bertz CT molecular complexity index is 308. The smallest absolute Gasteiger partial charge is 0.237 e. The Morgan fingerprint density at radius 2 is 1.74 bits per heavy atom. The molecule has 5 nitrogen and oxygen atoms in total. The van der Waals surface area contributed by atoms with Gasteiger partial charge in [-0.25, -0.2) is 0 Å². The molecule has 1 aliphatic carbocycles. The first-order valence-corrected chi connectivity index (χ1v) is 7.53. The zero-order chi connectivity index (χ0) is 13.5. The minimum Gasteiger partial charge on any atom is -0.354 e. The zero-order valence-electron chi connectivity index (χ0n) is 11.5. The predicted molar refractivity (Wildman–Crippen MR) is 73.6 cm³/mol. The van der Waals surface area contributed by atoms with Crippen LogP contribution in [0.4, 0.5) is 0 Å². The summed E-state index contributed by atoms with van der Waals surface area (Å²) in [4.78, 5) is 23.3. The van der Waals surface area contributed by atoms with E-state index in [1.54, 1.807) is 0 Å². The lowest BCUT2D eigenvalue weighted by molar-refractivity contribution is -0.124. The lowest BCUT2D eigenvalue weighted by Gasteiger charge is -2.12. The van der Waals surface area contributed by atoms with Crippen molar-refractivity contribution in [2.24, 2.45) is 5.92 Å². The molecule has 0 aromatic carbocycles. The molecule has 2 rings (SSSR count). The lowest BCUT2D eigenvalue weighted by Crippen LogP contribution is -2.43. The molecular formula is C14H25N3O2. The van der Waals surface area contributed by atoms with E-state index in [9.17, 15) is 9.59 Å². The summed E-state index contributed by atoms with van der Waals surface area (Å²) in [7, 11) is 0. The van der Waals surface area contributed by atoms with E-state index in [1.807, 2.05) is 0 Å². The molecule has 5 heteroatoms. The Balaban J connectivity index is 1.51. The third kappa shape index (κ3) is 4.82. The van der Waals surface area contributed by atoms with Gasteiger partial charge in [-0.05, 0) is 38.1 Å². The Kier molecular flexibility index (Phi) is 5.63.